The first-order valence-corrected chi connectivity index (χ1v) is 10.8. The zero-order valence-electron chi connectivity index (χ0n) is 17.7. The summed E-state index contributed by atoms with van der Waals surface area (Å²) in [4.78, 5) is 34.5. The molecule has 0 aliphatic heterocycles. The van der Waals surface area contributed by atoms with Gasteiger partial charge in [0, 0.05) is 19.2 Å². The largest absolute Gasteiger partial charge is 0.420 e. The molecule has 9 nitrogen and oxygen atoms in total. The number of benzene rings is 1. The molecule has 0 saturated carbocycles. The van der Waals surface area contributed by atoms with Gasteiger partial charge in [-0.15, -0.1) is 10.2 Å². The maximum Gasteiger partial charge on any atom is 0.332 e. The van der Waals surface area contributed by atoms with E-state index < -0.39 is 5.56 Å². The predicted octanol–water partition coefficient (Wildman–Crippen LogP) is 2.80. The molecule has 0 saturated heterocycles. The second-order valence-electron chi connectivity index (χ2n) is 7.58. The van der Waals surface area contributed by atoms with Crippen LogP contribution in [0, 0.1) is 12.8 Å². The smallest absolute Gasteiger partial charge is 0.332 e. The van der Waals surface area contributed by atoms with Gasteiger partial charge >= 0.3 is 5.69 Å². The number of hydrogen-bond acceptors (Lipinski definition) is 8. The summed E-state index contributed by atoms with van der Waals surface area (Å²) in [6.07, 6.45) is 0. The van der Waals surface area contributed by atoms with Gasteiger partial charge in [-0.3, -0.25) is 13.9 Å². The molecule has 0 N–H and O–H groups in total. The number of aryl methyl sites for hydroxylation is 1. The highest BCUT2D eigenvalue weighted by atomic mass is 32.2. The van der Waals surface area contributed by atoms with E-state index in [1.54, 1.807) is 11.5 Å². The molecular weight excluding hydrogens is 416 g/mol. The van der Waals surface area contributed by atoms with Crippen LogP contribution in [-0.4, -0.2) is 29.3 Å². The molecule has 4 aromatic rings. The average Bonchev–Trinajstić information content (AvgIpc) is 3.23. The third-order valence-corrected chi connectivity index (χ3v) is 5.59. The molecule has 0 atom stereocenters. The Kier molecular flexibility index (Phi) is 5.73. The van der Waals surface area contributed by atoms with Crippen LogP contribution in [0.1, 0.15) is 25.6 Å². The Labute approximate surface area is 182 Å². The Morgan fingerprint density at radius 1 is 1.10 bits per heavy atom. The van der Waals surface area contributed by atoms with Crippen LogP contribution in [0.15, 0.2) is 49.4 Å². The maximum absolute atomic E-state index is 12.9. The number of hydrogen-bond donors (Lipinski definition) is 0. The van der Waals surface area contributed by atoms with Crippen molar-refractivity contribution in [2.45, 2.75) is 38.1 Å². The van der Waals surface area contributed by atoms with Crippen molar-refractivity contribution in [3.8, 4) is 11.5 Å². The van der Waals surface area contributed by atoms with Gasteiger partial charge in [0.05, 0.1) is 5.75 Å². The van der Waals surface area contributed by atoms with Gasteiger partial charge in [0.1, 0.15) is 16.2 Å². The number of thioether (sulfide) groups is 1. The van der Waals surface area contributed by atoms with Crippen LogP contribution in [0.2, 0.25) is 0 Å². The fourth-order valence-electron chi connectivity index (χ4n) is 3.21. The van der Waals surface area contributed by atoms with Crippen LogP contribution in [-0.2, 0) is 19.3 Å². The summed E-state index contributed by atoms with van der Waals surface area (Å²) in [7, 11) is 1.47. The van der Waals surface area contributed by atoms with Crippen molar-refractivity contribution in [3.63, 3.8) is 0 Å². The Morgan fingerprint density at radius 3 is 2.55 bits per heavy atom. The lowest BCUT2D eigenvalue weighted by molar-refractivity contribution is 0.498. The lowest BCUT2D eigenvalue weighted by Gasteiger charge is -2.15. The number of rotatable bonds is 6. The minimum Gasteiger partial charge on any atom is -0.420 e. The Morgan fingerprint density at radius 2 is 1.84 bits per heavy atom. The normalized spacial score (nSPS) is 11.5. The van der Waals surface area contributed by atoms with Gasteiger partial charge in [-0.05, 0) is 25.0 Å². The van der Waals surface area contributed by atoms with E-state index in [-0.39, 0.29) is 11.6 Å². The molecule has 31 heavy (non-hydrogen) atoms. The monoisotopic (exact) mass is 438 g/mol. The van der Waals surface area contributed by atoms with Crippen molar-refractivity contribution in [3.05, 3.63) is 62.9 Å². The molecule has 1 aromatic carbocycles. The molecule has 4 rings (SSSR count). The van der Waals surface area contributed by atoms with Gasteiger partial charge < -0.3 is 4.42 Å². The molecule has 10 heteroatoms. The zero-order chi connectivity index (χ0) is 22.1. The van der Waals surface area contributed by atoms with Gasteiger partial charge in [0.15, 0.2) is 5.65 Å². The molecule has 3 aromatic heterocycles. The molecule has 0 amide bonds. The fraction of sp³-hybridized carbons (Fsp3) is 0.333. The highest BCUT2D eigenvalue weighted by Gasteiger charge is 2.19. The lowest BCUT2D eigenvalue weighted by Crippen LogP contribution is -2.39. The molecular formula is C21H22N6O3S. The third kappa shape index (κ3) is 4.15. The van der Waals surface area contributed by atoms with E-state index in [1.807, 2.05) is 44.2 Å². The summed E-state index contributed by atoms with van der Waals surface area (Å²) in [6, 6.07) is 9.50. The van der Waals surface area contributed by atoms with Crippen LogP contribution in [0.25, 0.3) is 22.5 Å². The minimum atomic E-state index is -0.419. The van der Waals surface area contributed by atoms with E-state index in [9.17, 15) is 9.59 Å². The minimum absolute atomic E-state index is 0.208. The van der Waals surface area contributed by atoms with Crippen molar-refractivity contribution >= 4 is 22.8 Å². The summed E-state index contributed by atoms with van der Waals surface area (Å²) >= 11 is 1.31. The summed E-state index contributed by atoms with van der Waals surface area (Å²) in [5, 5.41) is 9.00. The topological polar surface area (TPSA) is 109 Å². The Hall–Kier alpha value is -3.27. The first kappa shape index (κ1) is 21.0. The number of fused-ring (bicyclic) bond motifs is 1. The summed E-state index contributed by atoms with van der Waals surface area (Å²) in [6.45, 7) is 6.21. The van der Waals surface area contributed by atoms with Crippen LogP contribution in [0.5, 0.6) is 0 Å². The van der Waals surface area contributed by atoms with E-state index in [4.69, 9.17) is 4.42 Å². The molecule has 0 aliphatic carbocycles. The van der Waals surface area contributed by atoms with Crippen molar-refractivity contribution < 1.29 is 4.42 Å². The van der Waals surface area contributed by atoms with Gasteiger partial charge in [-0.25, -0.2) is 14.8 Å². The summed E-state index contributed by atoms with van der Waals surface area (Å²) in [5.74, 6) is 1.87. The third-order valence-electron chi connectivity index (χ3n) is 4.63. The highest BCUT2D eigenvalue weighted by Crippen LogP contribution is 2.27. The van der Waals surface area contributed by atoms with Gasteiger partial charge in [-0.2, -0.15) is 0 Å². The Balaban J connectivity index is 1.73. The quantitative estimate of drug-likeness (QED) is 0.334. The standard InChI is InChI=1S/C21H22N6O3S/c1-12(2)10-27-17-16(20(28)26(4)21(27)29)19(23-13(3)22-17)31-11-15-24-25-18(30-15)14-8-6-5-7-9-14/h5-9,12H,10-11H2,1-4H3. The van der Waals surface area contributed by atoms with Gasteiger partial charge in [-0.1, -0.05) is 43.8 Å². The maximum atomic E-state index is 12.9. The molecule has 3 heterocycles. The fourth-order valence-corrected chi connectivity index (χ4v) is 4.11. The van der Waals surface area contributed by atoms with Crippen molar-refractivity contribution in [2.24, 2.45) is 13.0 Å². The zero-order valence-corrected chi connectivity index (χ0v) is 18.5. The van der Waals surface area contributed by atoms with Crippen molar-refractivity contribution in [1.29, 1.82) is 0 Å². The van der Waals surface area contributed by atoms with Crippen LogP contribution >= 0.6 is 11.8 Å². The van der Waals surface area contributed by atoms with E-state index in [0.717, 1.165) is 10.1 Å². The molecule has 0 spiro atoms. The lowest BCUT2D eigenvalue weighted by atomic mass is 10.2. The van der Waals surface area contributed by atoms with Crippen molar-refractivity contribution in [1.82, 2.24) is 29.3 Å². The second kappa shape index (κ2) is 8.46. The number of aromatic nitrogens is 6. The number of nitrogens with zero attached hydrogens (tertiary/aromatic N) is 6. The van der Waals surface area contributed by atoms with Crippen molar-refractivity contribution in [2.75, 3.05) is 0 Å². The average molecular weight is 439 g/mol. The van der Waals surface area contributed by atoms with Gasteiger partial charge in [0.2, 0.25) is 11.8 Å². The van der Waals surface area contributed by atoms with Crippen LogP contribution in [0.4, 0.5) is 0 Å². The molecule has 0 bridgehead atoms. The molecule has 0 unspecified atom stereocenters. The highest BCUT2D eigenvalue weighted by molar-refractivity contribution is 7.98. The first-order chi connectivity index (χ1) is 14.8. The van der Waals surface area contributed by atoms with E-state index in [2.05, 4.69) is 20.2 Å². The summed E-state index contributed by atoms with van der Waals surface area (Å²) < 4.78 is 8.41. The molecule has 0 aliphatic rings. The molecule has 0 fully saturated rings. The summed E-state index contributed by atoms with van der Waals surface area (Å²) in [5.41, 5.74) is 0.385. The van der Waals surface area contributed by atoms with Gasteiger partial charge in [0.25, 0.3) is 5.56 Å². The Bertz CT molecular complexity index is 1360. The first-order valence-electron chi connectivity index (χ1n) is 9.84. The van der Waals surface area contributed by atoms with E-state index in [0.29, 0.717) is 46.0 Å². The molecule has 0 radical (unpaired) electrons. The van der Waals surface area contributed by atoms with E-state index >= 15 is 0 Å². The van der Waals surface area contributed by atoms with Crippen LogP contribution < -0.4 is 11.2 Å². The second-order valence-corrected chi connectivity index (χ2v) is 8.55. The molecule has 160 valence electrons. The predicted molar refractivity (Wildman–Crippen MR) is 118 cm³/mol. The van der Waals surface area contributed by atoms with Crippen LogP contribution in [0.3, 0.4) is 0 Å². The SMILES string of the molecule is Cc1nc(SCc2nnc(-c3ccccc3)o2)c2c(=O)n(C)c(=O)n(CC(C)C)c2n1. The van der Waals surface area contributed by atoms with E-state index in [1.165, 1.54) is 18.8 Å².